The molecule has 2 aromatic rings. The zero-order valence-electron chi connectivity index (χ0n) is 25.1. The van der Waals surface area contributed by atoms with E-state index < -0.39 is 30.6 Å². The van der Waals surface area contributed by atoms with Crippen LogP contribution in [0.5, 0.6) is 11.5 Å². The van der Waals surface area contributed by atoms with E-state index in [2.05, 4.69) is 17.6 Å². The Morgan fingerprint density at radius 1 is 0.744 bits per heavy atom. The van der Waals surface area contributed by atoms with Gasteiger partial charge >= 0.3 is 11.9 Å². The third kappa shape index (κ3) is 15.1. The van der Waals surface area contributed by atoms with E-state index in [1.54, 1.807) is 18.2 Å². The molecule has 0 aliphatic carbocycles. The number of unbranched alkanes of at least 4 members (excludes halogenated alkanes) is 12. The van der Waals surface area contributed by atoms with Crippen molar-refractivity contribution >= 4 is 35.1 Å². The van der Waals surface area contributed by atoms with Crippen molar-refractivity contribution in [2.45, 2.75) is 103 Å². The van der Waals surface area contributed by atoms with E-state index in [0.29, 0.717) is 6.42 Å². The molecule has 1 unspecified atom stereocenters. The van der Waals surface area contributed by atoms with E-state index in [0.717, 1.165) is 25.7 Å². The SMILES string of the molecule is CCCCCCCCCCCCCCCC(=O)Nc1ccc(NC(=O)C(Oc2ccccc2)C(=O)O)cc1OCC(=O)O. The molecule has 4 N–H and O–H groups in total. The number of aliphatic carboxylic acids is 2. The highest BCUT2D eigenvalue weighted by Gasteiger charge is 2.29. The molecule has 0 saturated heterocycles. The number of carboxylic acids is 2. The summed E-state index contributed by atoms with van der Waals surface area (Å²) in [7, 11) is 0. The number of nitrogens with one attached hydrogen (secondary N) is 2. The maximum Gasteiger partial charge on any atom is 0.354 e. The Bertz CT molecular complexity index is 1140. The first-order valence-electron chi connectivity index (χ1n) is 15.3. The number of anilines is 2. The Morgan fingerprint density at radius 2 is 1.33 bits per heavy atom. The molecule has 0 aromatic heterocycles. The van der Waals surface area contributed by atoms with Gasteiger partial charge in [-0.15, -0.1) is 0 Å². The summed E-state index contributed by atoms with van der Waals surface area (Å²) >= 11 is 0. The van der Waals surface area contributed by atoms with Crippen molar-refractivity contribution in [1.29, 1.82) is 0 Å². The van der Waals surface area contributed by atoms with Crippen molar-refractivity contribution < 1.29 is 38.9 Å². The molecule has 2 aromatic carbocycles. The maximum atomic E-state index is 12.7. The number of hydrogen-bond donors (Lipinski definition) is 4. The van der Waals surface area contributed by atoms with Crippen molar-refractivity contribution in [2.75, 3.05) is 17.2 Å². The smallest absolute Gasteiger partial charge is 0.354 e. The number of rotatable bonds is 23. The molecule has 0 fully saturated rings. The summed E-state index contributed by atoms with van der Waals surface area (Å²) in [5.74, 6) is -3.66. The summed E-state index contributed by atoms with van der Waals surface area (Å²) in [6.07, 6.45) is 14.2. The minimum atomic E-state index is -1.83. The van der Waals surface area contributed by atoms with Crippen molar-refractivity contribution in [3.05, 3.63) is 48.5 Å². The highest BCUT2D eigenvalue weighted by Crippen LogP contribution is 2.29. The largest absolute Gasteiger partial charge is 0.480 e. The quantitative estimate of drug-likeness (QED) is 0.0785. The Hall–Kier alpha value is -4.08. The van der Waals surface area contributed by atoms with Crippen LogP contribution in [0, 0.1) is 0 Å². The summed E-state index contributed by atoms with van der Waals surface area (Å²) in [6.45, 7) is 1.56. The summed E-state index contributed by atoms with van der Waals surface area (Å²) < 4.78 is 10.7. The van der Waals surface area contributed by atoms with E-state index in [1.165, 1.54) is 88.1 Å². The lowest BCUT2D eigenvalue weighted by atomic mass is 10.0. The van der Waals surface area contributed by atoms with Crippen LogP contribution in [0.4, 0.5) is 11.4 Å². The number of para-hydroxylation sites is 1. The lowest BCUT2D eigenvalue weighted by Gasteiger charge is -2.17. The van der Waals surface area contributed by atoms with Gasteiger partial charge in [-0.05, 0) is 30.7 Å². The maximum absolute atomic E-state index is 12.7. The number of benzene rings is 2. The molecule has 1 atom stereocenters. The van der Waals surface area contributed by atoms with Crippen molar-refractivity contribution in [1.82, 2.24) is 0 Å². The molecule has 0 saturated carbocycles. The van der Waals surface area contributed by atoms with Gasteiger partial charge in [0.25, 0.3) is 12.0 Å². The Balaban J connectivity index is 1.81. The normalized spacial score (nSPS) is 11.4. The average Bonchev–Trinajstić information content (AvgIpc) is 2.98. The first kappa shape index (κ1) is 35.1. The predicted octanol–water partition coefficient (Wildman–Crippen LogP) is 7.04. The molecule has 10 heteroatoms. The van der Waals surface area contributed by atoms with E-state index in [9.17, 15) is 24.3 Å². The number of carboxylic acid groups (broad SMARTS) is 2. The summed E-state index contributed by atoms with van der Waals surface area (Å²) in [4.78, 5) is 48.0. The van der Waals surface area contributed by atoms with E-state index in [-0.39, 0.29) is 28.8 Å². The first-order chi connectivity index (χ1) is 20.8. The molecule has 10 nitrogen and oxygen atoms in total. The van der Waals surface area contributed by atoms with Crippen LogP contribution in [-0.2, 0) is 19.2 Å². The highest BCUT2D eigenvalue weighted by atomic mass is 16.5. The zero-order valence-corrected chi connectivity index (χ0v) is 25.1. The summed E-state index contributed by atoms with van der Waals surface area (Å²) in [5, 5.41) is 23.7. The topological polar surface area (TPSA) is 151 Å². The number of hydrogen-bond acceptors (Lipinski definition) is 6. The van der Waals surface area contributed by atoms with Gasteiger partial charge in [0, 0.05) is 18.2 Å². The van der Waals surface area contributed by atoms with Gasteiger partial charge < -0.3 is 30.3 Å². The minimum Gasteiger partial charge on any atom is -0.480 e. The van der Waals surface area contributed by atoms with Gasteiger partial charge in [-0.2, -0.15) is 0 Å². The van der Waals surface area contributed by atoms with Crippen LogP contribution in [0.3, 0.4) is 0 Å². The number of carbonyl (C=O) groups excluding carboxylic acids is 2. The molecule has 2 rings (SSSR count). The molecule has 43 heavy (non-hydrogen) atoms. The van der Waals surface area contributed by atoms with Crippen molar-refractivity contribution in [2.24, 2.45) is 0 Å². The molecule has 0 heterocycles. The lowest BCUT2D eigenvalue weighted by molar-refractivity contribution is -0.149. The molecular formula is C33H46N2O8. The fraction of sp³-hybridized carbons (Fsp3) is 0.515. The third-order valence-corrected chi connectivity index (χ3v) is 6.84. The Morgan fingerprint density at radius 3 is 1.88 bits per heavy atom. The van der Waals surface area contributed by atoms with Gasteiger partial charge in [-0.25, -0.2) is 9.59 Å². The second kappa shape index (κ2) is 20.7. The predicted molar refractivity (Wildman–Crippen MR) is 166 cm³/mol. The number of ether oxygens (including phenoxy) is 2. The van der Waals surface area contributed by atoms with E-state index in [1.807, 2.05) is 0 Å². The summed E-state index contributed by atoms with van der Waals surface area (Å²) in [6, 6.07) is 12.3. The number of amides is 2. The van der Waals surface area contributed by atoms with Gasteiger partial charge in [0.2, 0.25) is 5.91 Å². The van der Waals surface area contributed by atoms with Crippen LogP contribution in [0.1, 0.15) is 96.8 Å². The summed E-state index contributed by atoms with van der Waals surface area (Å²) in [5.41, 5.74) is 0.386. The van der Waals surface area contributed by atoms with Crippen LogP contribution in [0.15, 0.2) is 48.5 Å². The fourth-order valence-corrected chi connectivity index (χ4v) is 4.54. The highest BCUT2D eigenvalue weighted by molar-refractivity contribution is 6.07. The first-order valence-corrected chi connectivity index (χ1v) is 15.3. The van der Waals surface area contributed by atoms with Crippen LogP contribution in [0.2, 0.25) is 0 Å². The monoisotopic (exact) mass is 598 g/mol. The third-order valence-electron chi connectivity index (χ3n) is 6.84. The van der Waals surface area contributed by atoms with Crippen LogP contribution < -0.4 is 20.1 Å². The molecular weight excluding hydrogens is 552 g/mol. The van der Waals surface area contributed by atoms with E-state index >= 15 is 0 Å². The standard InChI is InChI=1S/C33H46N2O8/c1-2-3-4-5-6-7-8-9-10-11-12-13-17-20-29(36)35-27-22-21-25(23-28(27)42-24-30(37)38)34-32(39)31(33(40)41)43-26-18-15-14-16-19-26/h14-16,18-19,21-23,31H,2-13,17,20,24H2,1H3,(H,34,39)(H,35,36)(H,37,38)(H,40,41). The van der Waals surface area contributed by atoms with Gasteiger partial charge in [-0.3, -0.25) is 9.59 Å². The van der Waals surface area contributed by atoms with E-state index in [4.69, 9.17) is 14.6 Å². The fourth-order valence-electron chi connectivity index (χ4n) is 4.54. The van der Waals surface area contributed by atoms with Crippen molar-refractivity contribution in [3.63, 3.8) is 0 Å². The van der Waals surface area contributed by atoms with Crippen LogP contribution in [0.25, 0.3) is 0 Å². The van der Waals surface area contributed by atoms with Crippen LogP contribution in [-0.4, -0.2) is 46.7 Å². The van der Waals surface area contributed by atoms with Crippen LogP contribution >= 0.6 is 0 Å². The Labute approximate surface area is 254 Å². The molecule has 0 radical (unpaired) electrons. The average molecular weight is 599 g/mol. The Kier molecular flexibility index (Phi) is 16.9. The minimum absolute atomic E-state index is 0.0229. The molecule has 236 valence electrons. The molecule has 0 aliphatic rings. The van der Waals surface area contributed by atoms with Gasteiger partial charge in [-0.1, -0.05) is 102 Å². The van der Waals surface area contributed by atoms with Gasteiger partial charge in [0.1, 0.15) is 11.5 Å². The van der Waals surface area contributed by atoms with Gasteiger partial charge in [0.05, 0.1) is 5.69 Å². The molecule has 0 spiro atoms. The van der Waals surface area contributed by atoms with Gasteiger partial charge in [0.15, 0.2) is 6.61 Å². The molecule has 2 amide bonds. The molecule has 0 bridgehead atoms. The van der Waals surface area contributed by atoms with Crippen molar-refractivity contribution in [3.8, 4) is 11.5 Å². The number of carbonyl (C=O) groups is 4. The second-order valence-electron chi connectivity index (χ2n) is 10.6. The lowest BCUT2D eigenvalue weighted by Crippen LogP contribution is -2.39. The zero-order chi connectivity index (χ0) is 31.3. The molecule has 0 aliphatic heterocycles. The second-order valence-corrected chi connectivity index (χ2v) is 10.6.